The molecule has 0 saturated heterocycles. The normalized spacial score (nSPS) is 10.9. The molecular formula is C14H14N2O3S. The molecule has 0 aromatic carbocycles. The third-order valence-electron chi connectivity index (χ3n) is 2.45. The maximum atomic E-state index is 10.6. The second-order valence-corrected chi connectivity index (χ2v) is 5.46. The van der Waals surface area contributed by atoms with E-state index in [1.165, 1.54) is 6.08 Å². The number of nitrogens with zero attached hydrogens (tertiary/aromatic N) is 2. The standard InChI is InChI=1S/C14H14N2O3S/c1-9-3-5-13(12(16-9)4-6-14(17)18)19-8-11-7-15-10(2)20-11/h3-7H,8H2,1-2H3,(H,17,18). The number of carboxylic acids is 1. The molecule has 2 aromatic heterocycles. The summed E-state index contributed by atoms with van der Waals surface area (Å²) in [5.41, 5.74) is 1.31. The highest BCUT2D eigenvalue weighted by atomic mass is 32.1. The summed E-state index contributed by atoms with van der Waals surface area (Å²) >= 11 is 1.57. The van der Waals surface area contributed by atoms with Gasteiger partial charge in [0.2, 0.25) is 0 Å². The highest BCUT2D eigenvalue weighted by Gasteiger charge is 2.06. The number of aromatic nitrogens is 2. The van der Waals surface area contributed by atoms with Crippen LogP contribution in [0.4, 0.5) is 0 Å². The lowest BCUT2D eigenvalue weighted by Crippen LogP contribution is -1.98. The van der Waals surface area contributed by atoms with Crippen molar-refractivity contribution in [2.24, 2.45) is 0 Å². The largest absolute Gasteiger partial charge is 0.486 e. The molecule has 0 fully saturated rings. The minimum Gasteiger partial charge on any atom is -0.486 e. The van der Waals surface area contributed by atoms with Gasteiger partial charge >= 0.3 is 5.97 Å². The van der Waals surface area contributed by atoms with E-state index in [9.17, 15) is 4.79 Å². The molecule has 0 aliphatic heterocycles. The molecule has 0 unspecified atom stereocenters. The molecule has 20 heavy (non-hydrogen) atoms. The van der Waals surface area contributed by atoms with Gasteiger partial charge < -0.3 is 9.84 Å². The number of aliphatic carboxylic acids is 1. The molecule has 2 aromatic rings. The minimum atomic E-state index is -1.02. The number of hydrogen-bond acceptors (Lipinski definition) is 5. The SMILES string of the molecule is Cc1ccc(OCc2cnc(C)s2)c(C=CC(=O)O)n1. The van der Waals surface area contributed by atoms with Crippen LogP contribution in [0.1, 0.15) is 21.3 Å². The Morgan fingerprint density at radius 1 is 1.45 bits per heavy atom. The van der Waals surface area contributed by atoms with Crippen LogP contribution in [0.15, 0.2) is 24.4 Å². The fourth-order valence-corrected chi connectivity index (χ4v) is 2.28. The molecule has 0 atom stereocenters. The van der Waals surface area contributed by atoms with Crippen LogP contribution in [0, 0.1) is 13.8 Å². The first-order valence-corrected chi connectivity index (χ1v) is 6.79. The number of aryl methyl sites for hydroxylation is 2. The van der Waals surface area contributed by atoms with Gasteiger partial charge in [0.1, 0.15) is 18.1 Å². The van der Waals surface area contributed by atoms with Crippen molar-refractivity contribution in [3.8, 4) is 5.75 Å². The molecule has 2 heterocycles. The number of thiazole rings is 1. The summed E-state index contributed by atoms with van der Waals surface area (Å²) in [6, 6.07) is 3.61. The van der Waals surface area contributed by atoms with Gasteiger partial charge in [-0.15, -0.1) is 11.3 Å². The monoisotopic (exact) mass is 290 g/mol. The molecular weight excluding hydrogens is 276 g/mol. The lowest BCUT2D eigenvalue weighted by Gasteiger charge is -2.08. The van der Waals surface area contributed by atoms with Crippen LogP contribution in [0.25, 0.3) is 6.08 Å². The molecule has 0 saturated carbocycles. The number of carbonyl (C=O) groups is 1. The quantitative estimate of drug-likeness (QED) is 0.857. The van der Waals surface area contributed by atoms with E-state index < -0.39 is 5.97 Å². The van der Waals surface area contributed by atoms with Crippen LogP contribution in [0.5, 0.6) is 5.75 Å². The van der Waals surface area contributed by atoms with Crippen molar-refractivity contribution in [3.63, 3.8) is 0 Å². The number of hydrogen-bond donors (Lipinski definition) is 1. The van der Waals surface area contributed by atoms with E-state index in [1.54, 1.807) is 23.6 Å². The van der Waals surface area contributed by atoms with Crippen molar-refractivity contribution in [2.75, 3.05) is 0 Å². The maximum absolute atomic E-state index is 10.6. The van der Waals surface area contributed by atoms with Crippen LogP contribution >= 0.6 is 11.3 Å². The second-order valence-electron chi connectivity index (χ2n) is 4.14. The lowest BCUT2D eigenvalue weighted by atomic mass is 10.2. The van der Waals surface area contributed by atoms with Crippen LogP contribution in [0.3, 0.4) is 0 Å². The van der Waals surface area contributed by atoms with Crippen LogP contribution in [-0.2, 0) is 11.4 Å². The molecule has 104 valence electrons. The van der Waals surface area contributed by atoms with E-state index in [1.807, 2.05) is 19.9 Å². The van der Waals surface area contributed by atoms with Crippen molar-refractivity contribution in [1.29, 1.82) is 0 Å². The third kappa shape index (κ3) is 3.89. The number of carboxylic acid groups (broad SMARTS) is 1. The highest BCUT2D eigenvalue weighted by Crippen LogP contribution is 2.21. The van der Waals surface area contributed by atoms with Crippen molar-refractivity contribution < 1.29 is 14.6 Å². The first kappa shape index (κ1) is 14.2. The van der Waals surface area contributed by atoms with Gasteiger partial charge in [-0.3, -0.25) is 0 Å². The third-order valence-corrected chi connectivity index (χ3v) is 3.33. The molecule has 1 N–H and O–H groups in total. The van der Waals surface area contributed by atoms with Crippen molar-refractivity contribution in [3.05, 3.63) is 45.7 Å². The molecule has 0 spiro atoms. The topological polar surface area (TPSA) is 72.3 Å². The summed E-state index contributed by atoms with van der Waals surface area (Å²) in [6.45, 7) is 4.17. The van der Waals surface area contributed by atoms with Crippen molar-refractivity contribution >= 4 is 23.4 Å². The molecule has 0 aliphatic rings. The fourth-order valence-electron chi connectivity index (χ4n) is 1.58. The average Bonchev–Trinajstić information content (AvgIpc) is 2.81. The van der Waals surface area contributed by atoms with Gasteiger partial charge in [0.15, 0.2) is 0 Å². The van der Waals surface area contributed by atoms with E-state index in [2.05, 4.69) is 9.97 Å². The summed E-state index contributed by atoms with van der Waals surface area (Å²) in [4.78, 5) is 20.0. The first-order valence-electron chi connectivity index (χ1n) is 5.97. The molecule has 5 nitrogen and oxygen atoms in total. The van der Waals surface area contributed by atoms with E-state index in [0.29, 0.717) is 18.1 Å². The average molecular weight is 290 g/mol. The summed E-state index contributed by atoms with van der Waals surface area (Å²) < 4.78 is 5.69. The zero-order chi connectivity index (χ0) is 14.5. The Labute approximate surface area is 120 Å². The minimum absolute atomic E-state index is 0.393. The van der Waals surface area contributed by atoms with Gasteiger partial charge in [0, 0.05) is 18.0 Å². The van der Waals surface area contributed by atoms with Crippen LogP contribution in [0.2, 0.25) is 0 Å². The summed E-state index contributed by atoms with van der Waals surface area (Å²) in [5.74, 6) is -0.462. The number of rotatable bonds is 5. The summed E-state index contributed by atoms with van der Waals surface area (Å²) in [5, 5.41) is 9.67. The Morgan fingerprint density at radius 2 is 2.25 bits per heavy atom. The van der Waals surface area contributed by atoms with E-state index in [-0.39, 0.29) is 0 Å². The smallest absolute Gasteiger partial charge is 0.328 e. The van der Waals surface area contributed by atoms with Gasteiger partial charge in [0.25, 0.3) is 0 Å². The Hall–Kier alpha value is -2.21. The van der Waals surface area contributed by atoms with Crippen LogP contribution in [-0.4, -0.2) is 21.0 Å². The summed E-state index contributed by atoms with van der Waals surface area (Å²) in [6.07, 6.45) is 4.25. The Balaban J connectivity index is 2.15. The van der Waals surface area contributed by atoms with E-state index in [4.69, 9.17) is 9.84 Å². The predicted molar refractivity (Wildman–Crippen MR) is 76.8 cm³/mol. The molecule has 0 radical (unpaired) electrons. The molecule has 0 bridgehead atoms. The molecule has 0 aliphatic carbocycles. The van der Waals surface area contributed by atoms with Crippen molar-refractivity contribution in [1.82, 2.24) is 9.97 Å². The van der Waals surface area contributed by atoms with Crippen molar-refractivity contribution in [2.45, 2.75) is 20.5 Å². The van der Waals surface area contributed by atoms with Gasteiger partial charge in [-0.1, -0.05) is 0 Å². The molecule has 0 amide bonds. The van der Waals surface area contributed by atoms with Gasteiger partial charge in [-0.2, -0.15) is 0 Å². The fraction of sp³-hybridized carbons (Fsp3) is 0.214. The number of pyridine rings is 1. The zero-order valence-electron chi connectivity index (χ0n) is 11.2. The summed E-state index contributed by atoms with van der Waals surface area (Å²) in [7, 11) is 0. The Kier molecular flexibility index (Phi) is 4.47. The van der Waals surface area contributed by atoms with Gasteiger partial charge in [0.05, 0.1) is 9.88 Å². The predicted octanol–water partition coefficient (Wildman–Crippen LogP) is 2.83. The highest BCUT2D eigenvalue weighted by molar-refractivity contribution is 7.11. The number of ether oxygens (including phenoxy) is 1. The van der Waals surface area contributed by atoms with Gasteiger partial charge in [-0.25, -0.2) is 14.8 Å². The van der Waals surface area contributed by atoms with E-state index >= 15 is 0 Å². The van der Waals surface area contributed by atoms with Crippen LogP contribution < -0.4 is 4.74 Å². The van der Waals surface area contributed by atoms with Gasteiger partial charge in [-0.05, 0) is 32.1 Å². The Bertz CT molecular complexity index is 650. The maximum Gasteiger partial charge on any atom is 0.328 e. The zero-order valence-corrected chi connectivity index (χ0v) is 12.0. The Morgan fingerprint density at radius 3 is 2.90 bits per heavy atom. The van der Waals surface area contributed by atoms with E-state index in [0.717, 1.165) is 21.7 Å². The molecule has 6 heteroatoms. The first-order chi connectivity index (χ1) is 9.54. The lowest BCUT2D eigenvalue weighted by molar-refractivity contribution is -0.131. The molecule has 2 rings (SSSR count). The second kappa shape index (κ2) is 6.29.